The second-order valence-electron chi connectivity index (χ2n) is 4.74. The molecule has 2 heterocycles. The Morgan fingerprint density at radius 3 is 2.55 bits per heavy atom. The van der Waals surface area contributed by atoms with Gasteiger partial charge in [-0.25, -0.2) is 0 Å². The van der Waals surface area contributed by atoms with Gasteiger partial charge in [0.15, 0.2) is 5.60 Å². The smallest absolute Gasteiger partial charge is 0.307 e. The van der Waals surface area contributed by atoms with Gasteiger partial charge in [-0.15, -0.1) is 0 Å². The third kappa shape index (κ3) is 2.03. The van der Waals surface area contributed by atoms with Gasteiger partial charge in [0, 0.05) is 18.2 Å². The van der Waals surface area contributed by atoms with Crippen LogP contribution < -0.4 is 4.74 Å². The molecule has 0 bridgehead atoms. The topological polar surface area (TPSA) is 48.4 Å². The summed E-state index contributed by atoms with van der Waals surface area (Å²) in [6, 6.07) is 13.2. The Kier molecular flexibility index (Phi) is 3.14. The predicted molar refractivity (Wildman–Crippen MR) is 73.3 cm³/mol. The summed E-state index contributed by atoms with van der Waals surface area (Å²) in [5, 5.41) is 0. The molecule has 1 aromatic heterocycles. The molecular weight excluding hydrogens is 254 g/mol. The zero-order chi connectivity index (χ0) is 14.0. The number of esters is 1. The Bertz CT molecular complexity index is 609. The van der Waals surface area contributed by atoms with Crippen LogP contribution in [0, 0.1) is 0 Å². The molecule has 1 aliphatic heterocycles. The van der Waals surface area contributed by atoms with E-state index in [0.717, 1.165) is 17.0 Å². The lowest BCUT2D eigenvalue weighted by atomic mass is 9.87. The van der Waals surface area contributed by atoms with E-state index in [4.69, 9.17) is 9.47 Å². The van der Waals surface area contributed by atoms with Crippen molar-refractivity contribution in [2.75, 3.05) is 7.11 Å². The first-order valence-corrected chi connectivity index (χ1v) is 6.52. The summed E-state index contributed by atoms with van der Waals surface area (Å²) in [5.41, 5.74) is 0.906. The maximum atomic E-state index is 11.7. The van der Waals surface area contributed by atoms with Gasteiger partial charge in [0.2, 0.25) is 0 Å². The Balaban J connectivity index is 2.08. The van der Waals surface area contributed by atoms with E-state index in [2.05, 4.69) is 4.98 Å². The standard InChI is InChI=1S/C16H15NO3/c1-19-13-7-5-12(6-8-13)16(10-9-15(18)20-16)14-4-2-3-11-17-14/h2-8,11H,9-10H2,1H3. The average Bonchev–Trinajstić information content (AvgIpc) is 2.92. The molecule has 2 aromatic rings. The van der Waals surface area contributed by atoms with Gasteiger partial charge in [-0.1, -0.05) is 18.2 Å². The van der Waals surface area contributed by atoms with Crippen molar-refractivity contribution < 1.29 is 14.3 Å². The lowest BCUT2D eigenvalue weighted by Gasteiger charge is -2.27. The van der Waals surface area contributed by atoms with Crippen LogP contribution in [-0.2, 0) is 15.1 Å². The Hall–Kier alpha value is -2.36. The third-order valence-electron chi connectivity index (χ3n) is 3.60. The fourth-order valence-electron chi connectivity index (χ4n) is 2.57. The summed E-state index contributed by atoms with van der Waals surface area (Å²) in [6.45, 7) is 0. The highest BCUT2D eigenvalue weighted by atomic mass is 16.6. The van der Waals surface area contributed by atoms with E-state index in [-0.39, 0.29) is 5.97 Å². The SMILES string of the molecule is COc1ccc(C2(c3ccccn3)CCC(=O)O2)cc1. The number of cyclic esters (lactones) is 1. The first-order valence-electron chi connectivity index (χ1n) is 6.52. The van der Waals surface area contributed by atoms with Gasteiger partial charge >= 0.3 is 5.97 Å². The van der Waals surface area contributed by atoms with E-state index >= 15 is 0 Å². The monoisotopic (exact) mass is 269 g/mol. The minimum Gasteiger partial charge on any atom is -0.497 e. The lowest BCUT2D eigenvalue weighted by Crippen LogP contribution is -2.28. The van der Waals surface area contributed by atoms with Crippen LogP contribution in [0.15, 0.2) is 48.7 Å². The number of benzene rings is 1. The highest BCUT2D eigenvalue weighted by molar-refractivity contribution is 5.73. The van der Waals surface area contributed by atoms with Gasteiger partial charge in [-0.2, -0.15) is 0 Å². The molecule has 4 heteroatoms. The number of hydrogen-bond acceptors (Lipinski definition) is 4. The quantitative estimate of drug-likeness (QED) is 0.804. The van der Waals surface area contributed by atoms with Crippen molar-refractivity contribution in [3.63, 3.8) is 0 Å². The van der Waals surface area contributed by atoms with Crippen LogP contribution in [0.3, 0.4) is 0 Å². The zero-order valence-corrected chi connectivity index (χ0v) is 11.2. The lowest BCUT2D eigenvalue weighted by molar-refractivity contribution is -0.146. The first kappa shape index (κ1) is 12.7. The van der Waals surface area contributed by atoms with Gasteiger partial charge < -0.3 is 9.47 Å². The number of pyridine rings is 1. The third-order valence-corrected chi connectivity index (χ3v) is 3.60. The van der Waals surface area contributed by atoms with Crippen molar-refractivity contribution in [3.05, 3.63) is 59.9 Å². The highest BCUT2D eigenvalue weighted by Crippen LogP contribution is 2.42. The largest absolute Gasteiger partial charge is 0.497 e. The van der Waals surface area contributed by atoms with E-state index in [9.17, 15) is 4.79 Å². The van der Waals surface area contributed by atoms with Crippen molar-refractivity contribution in [1.29, 1.82) is 0 Å². The molecule has 0 saturated carbocycles. The van der Waals surface area contributed by atoms with Crippen molar-refractivity contribution in [3.8, 4) is 5.75 Å². The number of rotatable bonds is 3. The average molecular weight is 269 g/mol. The van der Waals surface area contributed by atoms with Gasteiger partial charge in [0.25, 0.3) is 0 Å². The van der Waals surface area contributed by atoms with E-state index in [1.54, 1.807) is 13.3 Å². The molecule has 20 heavy (non-hydrogen) atoms. The summed E-state index contributed by atoms with van der Waals surface area (Å²) in [6.07, 6.45) is 2.73. The van der Waals surface area contributed by atoms with E-state index < -0.39 is 5.60 Å². The number of ether oxygens (including phenoxy) is 2. The summed E-state index contributed by atoms with van der Waals surface area (Å²) in [7, 11) is 1.62. The Labute approximate surface area is 117 Å². The van der Waals surface area contributed by atoms with Crippen molar-refractivity contribution in [2.24, 2.45) is 0 Å². The molecule has 4 nitrogen and oxygen atoms in total. The molecule has 1 aromatic carbocycles. The molecule has 1 fully saturated rings. The molecule has 1 unspecified atom stereocenters. The molecule has 1 atom stereocenters. The van der Waals surface area contributed by atoms with Crippen LogP contribution in [0.1, 0.15) is 24.1 Å². The molecule has 0 amide bonds. The van der Waals surface area contributed by atoms with Gasteiger partial charge in [0.05, 0.1) is 19.2 Å². The summed E-state index contributed by atoms with van der Waals surface area (Å²) in [5.74, 6) is 0.584. The minimum absolute atomic E-state index is 0.188. The molecule has 0 aliphatic carbocycles. The summed E-state index contributed by atoms with van der Waals surface area (Å²) in [4.78, 5) is 16.0. The fraction of sp³-hybridized carbons (Fsp3) is 0.250. The van der Waals surface area contributed by atoms with Crippen molar-refractivity contribution >= 4 is 5.97 Å². The maximum absolute atomic E-state index is 11.7. The van der Waals surface area contributed by atoms with E-state index in [1.807, 2.05) is 42.5 Å². The minimum atomic E-state index is -0.773. The molecular formula is C16H15NO3. The Morgan fingerprint density at radius 2 is 2.00 bits per heavy atom. The molecule has 1 saturated heterocycles. The van der Waals surface area contributed by atoms with E-state index in [1.165, 1.54) is 0 Å². The van der Waals surface area contributed by atoms with Crippen LogP contribution in [0.25, 0.3) is 0 Å². The zero-order valence-electron chi connectivity index (χ0n) is 11.2. The molecule has 1 aliphatic rings. The fourth-order valence-corrected chi connectivity index (χ4v) is 2.57. The van der Waals surface area contributed by atoms with E-state index in [0.29, 0.717) is 12.8 Å². The highest BCUT2D eigenvalue weighted by Gasteiger charge is 2.44. The number of nitrogens with zero attached hydrogens (tertiary/aromatic N) is 1. The van der Waals surface area contributed by atoms with Crippen LogP contribution in [0.2, 0.25) is 0 Å². The van der Waals surface area contributed by atoms with Crippen LogP contribution in [0.4, 0.5) is 0 Å². The van der Waals surface area contributed by atoms with Crippen molar-refractivity contribution in [2.45, 2.75) is 18.4 Å². The van der Waals surface area contributed by atoms with Crippen LogP contribution in [0.5, 0.6) is 5.75 Å². The second kappa shape index (κ2) is 4.96. The van der Waals surface area contributed by atoms with Gasteiger partial charge in [-0.05, 0) is 24.3 Å². The number of carbonyl (C=O) groups excluding carboxylic acids is 1. The maximum Gasteiger partial charge on any atom is 0.307 e. The van der Waals surface area contributed by atoms with Crippen LogP contribution in [-0.4, -0.2) is 18.1 Å². The van der Waals surface area contributed by atoms with Crippen LogP contribution >= 0.6 is 0 Å². The predicted octanol–water partition coefficient (Wildman–Crippen LogP) is 2.67. The molecule has 0 N–H and O–H groups in total. The number of carbonyl (C=O) groups is 1. The number of hydrogen-bond donors (Lipinski definition) is 0. The number of methoxy groups -OCH3 is 1. The molecule has 3 rings (SSSR count). The molecule has 102 valence electrons. The molecule has 0 spiro atoms. The van der Waals surface area contributed by atoms with Crippen molar-refractivity contribution in [1.82, 2.24) is 4.98 Å². The number of aromatic nitrogens is 1. The Morgan fingerprint density at radius 1 is 1.20 bits per heavy atom. The summed E-state index contributed by atoms with van der Waals surface area (Å²) < 4.78 is 10.8. The van der Waals surface area contributed by atoms with Gasteiger partial charge in [-0.3, -0.25) is 9.78 Å². The molecule has 0 radical (unpaired) electrons. The van der Waals surface area contributed by atoms with Gasteiger partial charge in [0.1, 0.15) is 5.75 Å². The first-order chi connectivity index (χ1) is 9.74. The normalized spacial score (nSPS) is 21.6. The second-order valence-corrected chi connectivity index (χ2v) is 4.74. The summed E-state index contributed by atoms with van der Waals surface area (Å²) >= 11 is 0.